The van der Waals surface area contributed by atoms with E-state index in [9.17, 15) is 13.5 Å². The molecule has 0 saturated heterocycles. The number of halogens is 1. The minimum absolute atomic E-state index is 0.0314. The highest BCUT2D eigenvalue weighted by Crippen LogP contribution is 2.19. The quantitative estimate of drug-likeness (QED) is 0.414. The molecule has 0 aromatic heterocycles. The summed E-state index contributed by atoms with van der Waals surface area (Å²) in [6.07, 6.45) is 5.30. The van der Waals surface area contributed by atoms with Crippen molar-refractivity contribution in [3.05, 3.63) is 64.7 Å². The molecule has 0 aliphatic heterocycles. The molecule has 30 heavy (non-hydrogen) atoms. The Morgan fingerprint density at radius 1 is 1.07 bits per heavy atom. The Morgan fingerprint density at radius 3 is 2.50 bits per heavy atom. The van der Waals surface area contributed by atoms with E-state index >= 15 is 0 Å². The molecule has 0 spiro atoms. The second-order valence-electron chi connectivity index (χ2n) is 7.78. The Labute approximate surface area is 184 Å². The highest BCUT2D eigenvalue weighted by atomic mass is 35.5. The monoisotopic (exact) mass is 451 g/mol. The lowest BCUT2D eigenvalue weighted by molar-refractivity contribution is 0.175. The predicted octanol–water partition coefficient (Wildman–Crippen LogP) is 3.78. The summed E-state index contributed by atoms with van der Waals surface area (Å²) in [5.41, 5.74) is 2.42. The second kappa shape index (κ2) is 11.1. The maximum absolute atomic E-state index is 12.3. The van der Waals surface area contributed by atoms with Crippen molar-refractivity contribution in [2.45, 2.75) is 50.7 Å². The van der Waals surface area contributed by atoms with Crippen LogP contribution in [0.5, 0.6) is 0 Å². The van der Waals surface area contributed by atoms with E-state index in [0.29, 0.717) is 23.8 Å². The zero-order valence-electron chi connectivity index (χ0n) is 17.0. The molecule has 3 rings (SSSR count). The van der Waals surface area contributed by atoms with Crippen molar-refractivity contribution >= 4 is 27.5 Å². The first-order valence-corrected chi connectivity index (χ1v) is 12.3. The average Bonchev–Trinajstić information content (AvgIpc) is 2.72. The molecule has 4 N–H and O–H groups in total. The summed E-state index contributed by atoms with van der Waals surface area (Å²) in [5, 5.41) is 14.1. The summed E-state index contributed by atoms with van der Waals surface area (Å²) in [6, 6.07) is 14.6. The van der Waals surface area contributed by atoms with Gasteiger partial charge >= 0.3 is 0 Å². The first-order chi connectivity index (χ1) is 14.4. The summed E-state index contributed by atoms with van der Waals surface area (Å²) in [4.78, 5) is 0. The van der Waals surface area contributed by atoms with E-state index in [0.717, 1.165) is 43.2 Å². The van der Waals surface area contributed by atoms with Crippen LogP contribution in [0.2, 0.25) is 5.02 Å². The Bertz CT molecular complexity index is 900. The van der Waals surface area contributed by atoms with Crippen molar-refractivity contribution in [3.8, 4) is 0 Å². The molecular formula is C22H30ClN3O3S. The molecule has 1 atom stereocenters. The lowest BCUT2D eigenvalue weighted by Crippen LogP contribution is -2.39. The fourth-order valence-corrected chi connectivity index (χ4v) is 5.05. The fraction of sp³-hybridized carbons (Fsp3) is 0.455. The van der Waals surface area contributed by atoms with Crippen molar-refractivity contribution in [3.63, 3.8) is 0 Å². The van der Waals surface area contributed by atoms with Gasteiger partial charge in [-0.3, -0.25) is 4.72 Å². The number of hydrogen-bond donors (Lipinski definition) is 4. The molecule has 1 aliphatic rings. The van der Waals surface area contributed by atoms with Crippen molar-refractivity contribution < 1.29 is 13.5 Å². The molecule has 0 heterocycles. The van der Waals surface area contributed by atoms with Crippen LogP contribution in [-0.4, -0.2) is 32.7 Å². The Morgan fingerprint density at radius 2 is 1.80 bits per heavy atom. The van der Waals surface area contributed by atoms with Crippen molar-refractivity contribution in [1.29, 1.82) is 0 Å². The number of aliphatic hydroxyl groups is 1. The first kappa shape index (κ1) is 23.0. The van der Waals surface area contributed by atoms with Gasteiger partial charge in [-0.05, 0) is 61.2 Å². The van der Waals surface area contributed by atoms with E-state index in [-0.39, 0.29) is 6.04 Å². The van der Waals surface area contributed by atoms with Gasteiger partial charge in [0.15, 0.2) is 0 Å². The summed E-state index contributed by atoms with van der Waals surface area (Å²) in [5.74, 6) is 0. The molecule has 8 heteroatoms. The molecule has 0 unspecified atom stereocenters. The zero-order chi connectivity index (χ0) is 21.4. The minimum Gasteiger partial charge on any atom is -0.387 e. The van der Waals surface area contributed by atoms with Crippen LogP contribution in [0.4, 0.5) is 5.69 Å². The number of benzene rings is 2. The third-order valence-electron chi connectivity index (χ3n) is 5.29. The lowest BCUT2D eigenvalue weighted by Gasteiger charge is -2.22. The van der Waals surface area contributed by atoms with Crippen LogP contribution < -0.4 is 14.8 Å². The van der Waals surface area contributed by atoms with Crippen LogP contribution in [0, 0.1) is 0 Å². The number of anilines is 1. The predicted molar refractivity (Wildman–Crippen MR) is 122 cm³/mol. The third kappa shape index (κ3) is 7.56. The Balaban J connectivity index is 1.40. The number of nitrogens with one attached hydrogen (secondary N) is 3. The normalized spacial score (nSPS) is 16.3. The maximum Gasteiger partial charge on any atom is 0.299 e. The standard InChI is InChI=1S/C22H30ClN3O3S/c23-19-6-4-5-18(15-19)22(27)16-24-14-13-17-9-11-21(12-10-17)26-30(28,29)25-20-7-2-1-3-8-20/h4-6,9-12,15,20,22,24-27H,1-3,7-8,13-14,16H2/t22-/m0/s1. The molecule has 164 valence electrons. The number of aliphatic hydroxyl groups excluding tert-OH is 1. The molecular weight excluding hydrogens is 422 g/mol. The largest absolute Gasteiger partial charge is 0.387 e. The van der Waals surface area contributed by atoms with Crippen LogP contribution in [0.3, 0.4) is 0 Å². The maximum atomic E-state index is 12.3. The van der Waals surface area contributed by atoms with Gasteiger partial charge in [0.2, 0.25) is 0 Å². The van der Waals surface area contributed by atoms with Crippen LogP contribution in [0.15, 0.2) is 48.5 Å². The van der Waals surface area contributed by atoms with E-state index in [1.54, 1.807) is 24.3 Å². The van der Waals surface area contributed by atoms with Gasteiger partial charge in [-0.15, -0.1) is 0 Å². The van der Waals surface area contributed by atoms with Crippen molar-refractivity contribution in [2.24, 2.45) is 0 Å². The van der Waals surface area contributed by atoms with E-state index < -0.39 is 16.3 Å². The van der Waals surface area contributed by atoms with Crippen molar-refractivity contribution in [1.82, 2.24) is 10.0 Å². The lowest BCUT2D eigenvalue weighted by atomic mass is 9.96. The third-order valence-corrected chi connectivity index (χ3v) is 6.68. The Kier molecular flexibility index (Phi) is 8.53. The van der Waals surface area contributed by atoms with Gasteiger partial charge in [-0.1, -0.05) is 55.1 Å². The number of rotatable bonds is 10. The Hall–Kier alpha value is -1.64. The zero-order valence-corrected chi connectivity index (χ0v) is 18.6. The average molecular weight is 452 g/mol. The van der Waals surface area contributed by atoms with Crippen LogP contribution in [-0.2, 0) is 16.6 Å². The summed E-state index contributed by atoms with van der Waals surface area (Å²) in [7, 11) is -3.56. The molecule has 0 bridgehead atoms. The van der Waals surface area contributed by atoms with E-state index in [4.69, 9.17) is 11.6 Å². The summed E-state index contributed by atoms with van der Waals surface area (Å²) < 4.78 is 29.9. The topological polar surface area (TPSA) is 90.5 Å². The van der Waals surface area contributed by atoms with E-state index in [2.05, 4.69) is 14.8 Å². The summed E-state index contributed by atoms with van der Waals surface area (Å²) in [6.45, 7) is 1.14. The fourth-order valence-electron chi connectivity index (χ4n) is 3.67. The van der Waals surface area contributed by atoms with Crippen molar-refractivity contribution in [2.75, 3.05) is 17.8 Å². The molecule has 2 aromatic rings. The minimum atomic E-state index is -3.56. The molecule has 0 amide bonds. The molecule has 1 fully saturated rings. The highest BCUT2D eigenvalue weighted by Gasteiger charge is 2.19. The van der Waals surface area contributed by atoms with Gasteiger partial charge in [-0.25, -0.2) is 0 Å². The molecule has 0 radical (unpaired) electrons. The van der Waals surface area contributed by atoms with Gasteiger partial charge in [0.25, 0.3) is 10.2 Å². The van der Waals surface area contributed by atoms with Crippen LogP contribution >= 0.6 is 11.6 Å². The molecule has 2 aromatic carbocycles. The smallest absolute Gasteiger partial charge is 0.299 e. The van der Waals surface area contributed by atoms with Gasteiger partial charge in [0.1, 0.15) is 0 Å². The highest BCUT2D eigenvalue weighted by molar-refractivity contribution is 7.90. The van der Waals surface area contributed by atoms with E-state index in [1.165, 1.54) is 6.42 Å². The molecule has 1 aliphatic carbocycles. The van der Waals surface area contributed by atoms with Gasteiger partial charge in [0, 0.05) is 23.3 Å². The SMILES string of the molecule is O=S(=O)(Nc1ccc(CCNC[C@H](O)c2cccc(Cl)c2)cc1)NC1CCCCC1. The molecule has 6 nitrogen and oxygen atoms in total. The van der Waals surface area contributed by atoms with Gasteiger partial charge in [-0.2, -0.15) is 13.1 Å². The van der Waals surface area contributed by atoms with Gasteiger partial charge in [0.05, 0.1) is 6.10 Å². The summed E-state index contributed by atoms with van der Waals surface area (Å²) >= 11 is 5.95. The van der Waals surface area contributed by atoms with Gasteiger partial charge < -0.3 is 10.4 Å². The van der Waals surface area contributed by atoms with E-state index in [1.807, 2.05) is 24.3 Å². The number of hydrogen-bond acceptors (Lipinski definition) is 4. The second-order valence-corrected chi connectivity index (χ2v) is 9.66. The van der Waals surface area contributed by atoms with Crippen LogP contribution in [0.25, 0.3) is 0 Å². The molecule has 1 saturated carbocycles. The first-order valence-electron chi connectivity index (χ1n) is 10.4. The van der Waals surface area contributed by atoms with Crippen LogP contribution in [0.1, 0.15) is 49.3 Å².